The van der Waals surface area contributed by atoms with Crippen molar-refractivity contribution in [3.8, 4) is 0 Å². The van der Waals surface area contributed by atoms with Gasteiger partial charge in [-0.1, -0.05) is 35.5 Å². The van der Waals surface area contributed by atoms with Gasteiger partial charge in [-0.05, 0) is 36.6 Å². The van der Waals surface area contributed by atoms with Gasteiger partial charge < -0.3 is 14.7 Å². The van der Waals surface area contributed by atoms with Crippen LogP contribution in [0.1, 0.15) is 30.1 Å². The van der Waals surface area contributed by atoms with Crippen molar-refractivity contribution in [2.24, 2.45) is 0 Å². The Balaban J connectivity index is 1.47. The van der Waals surface area contributed by atoms with Crippen molar-refractivity contribution in [3.63, 3.8) is 0 Å². The number of fused-ring (bicyclic) bond motifs is 2. The number of benzene rings is 2. The summed E-state index contributed by atoms with van der Waals surface area (Å²) in [5, 5.41) is 9.09. The molecule has 0 amide bonds. The lowest BCUT2D eigenvalue weighted by Gasteiger charge is -2.22. The van der Waals surface area contributed by atoms with Crippen molar-refractivity contribution in [2.45, 2.75) is 25.3 Å². The maximum Gasteiger partial charge on any atom is 0.167 e. The van der Waals surface area contributed by atoms with Crippen LogP contribution >= 0.6 is 0 Å². The maximum absolute atomic E-state index is 5.40. The molecule has 124 valence electrons. The smallest absolute Gasteiger partial charge is 0.167 e. The molecule has 1 atom stereocenters. The van der Waals surface area contributed by atoms with E-state index in [1.165, 1.54) is 24.1 Å². The van der Waals surface area contributed by atoms with Crippen LogP contribution in [0.5, 0.6) is 0 Å². The SMILES string of the molecule is CN1CCCC(NCCc2noc3ccccc23)c2ccccc21. The Labute approximate surface area is 142 Å². The number of hydrogen-bond acceptors (Lipinski definition) is 4. The van der Waals surface area contributed by atoms with Gasteiger partial charge in [0, 0.05) is 43.7 Å². The Kier molecular flexibility index (Phi) is 4.22. The molecule has 0 bridgehead atoms. The van der Waals surface area contributed by atoms with Gasteiger partial charge >= 0.3 is 0 Å². The number of hydrogen-bond donors (Lipinski definition) is 1. The molecule has 1 aliphatic rings. The molecule has 1 aromatic heterocycles. The third kappa shape index (κ3) is 2.89. The van der Waals surface area contributed by atoms with Crippen molar-refractivity contribution in [1.82, 2.24) is 10.5 Å². The number of rotatable bonds is 4. The summed E-state index contributed by atoms with van der Waals surface area (Å²) < 4.78 is 5.40. The first-order chi connectivity index (χ1) is 11.8. The van der Waals surface area contributed by atoms with Crippen LogP contribution in [0.4, 0.5) is 5.69 Å². The zero-order valence-corrected chi connectivity index (χ0v) is 14.0. The number of nitrogens with one attached hydrogen (secondary N) is 1. The molecule has 1 aliphatic heterocycles. The Morgan fingerprint density at radius 2 is 2.00 bits per heavy atom. The topological polar surface area (TPSA) is 41.3 Å². The fourth-order valence-electron chi connectivity index (χ4n) is 3.63. The van der Waals surface area contributed by atoms with E-state index < -0.39 is 0 Å². The van der Waals surface area contributed by atoms with E-state index in [1.54, 1.807) is 0 Å². The zero-order valence-electron chi connectivity index (χ0n) is 14.0. The second-order valence-corrected chi connectivity index (χ2v) is 6.50. The van der Waals surface area contributed by atoms with Crippen molar-refractivity contribution >= 4 is 16.7 Å². The molecule has 24 heavy (non-hydrogen) atoms. The van der Waals surface area contributed by atoms with Gasteiger partial charge in [-0.3, -0.25) is 0 Å². The predicted molar refractivity (Wildman–Crippen MR) is 97.4 cm³/mol. The first-order valence-electron chi connectivity index (χ1n) is 8.69. The number of anilines is 1. The van der Waals surface area contributed by atoms with Crippen LogP contribution in [0.2, 0.25) is 0 Å². The van der Waals surface area contributed by atoms with E-state index in [-0.39, 0.29) is 0 Å². The lowest BCUT2D eigenvalue weighted by atomic mass is 10.0. The molecule has 4 nitrogen and oxygen atoms in total. The van der Waals surface area contributed by atoms with E-state index in [1.807, 2.05) is 18.2 Å². The maximum atomic E-state index is 5.40. The Hall–Kier alpha value is -2.33. The van der Waals surface area contributed by atoms with Crippen molar-refractivity contribution in [3.05, 3.63) is 59.8 Å². The average molecular weight is 321 g/mol. The largest absolute Gasteiger partial charge is 0.374 e. The monoisotopic (exact) mass is 321 g/mol. The second kappa shape index (κ2) is 6.65. The summed E-state index contributed by atoms with van der Waals surface area (Å²) in [6.45, 7) is 2.02. The molecule has 0 aliphatic carbocycles. The van der Waals surface area contributed by atoms with E-state index >= 15 is 0 Å². The highest BCUT2D eigenvalue weighted by Crippen LogP contribution is 2.31. The van der Waals surface area contributed by atoms with E-state index in [0.717, 1.165) is 36.2 Å². The number of aromatic nitrogens is 1. The van der Waals surface area contributed by atoms with Crippen LogP contribution in [0.15, 0.2) is 53.1 Å². The fraction of sp³-hybridized carbons (Fsp3) is 0.350. The molecule has 1 unspecified atom stereocenters. The molecular formula is C20H23N3O. The van der Waals surface area contributed by atoms with Gasteiger partial charge in [0.15, 0.2) is 5.58 Å². The summed E-state index contributed by atoms with van der Waals surface area (Å²) in [5.41, 5.74) is 4.66. The molecule has 3 aromatic rings. The molecule has 0 radical (unpaired) electrons. The molecule has 2 aromatic carbocycles. The third-order valence-electron chi connectivity index (χ3n) is 4.91. The van der Waals surface area contributed by atoms with Gasteiger partial charge in [0.25, 0.3) is 0 Å². The minimum atomic E-state index is 0.407. The Morgan fingerprint density at radius 1 is 1.17 bits per heavy atom. The highest BCUT2D eigenvalue weighted by molar-refractivity contribution is 5.79. The molecule has 1 N–H and O–H groups in total. The van der Waals surface area contributed by atoms with Crippen LogP contribution in [-0.4, -0.2) is 25.3 Å². The first-order valence-corrected chi connectivity index (χ1v) is 8.69. The Morgan fingerprint density at radius 3 is 2.96 bits per heavy atom. The van der Waals surface area contributed by atoms with Gasteiger partial charge in [0.1, 0.15) is 0 Å². The molecule has 0 spiro atoms. The van der Waals surface area contributed by atoms with Crippen LogP contribution in [-0.2, 0) is 6.42 Å². The number of nitrogens with zero attached hydrogens (tertiary/aromatic N) is 2. The summed E-state index contributed by atoms with van der Waals surface area (Å²) in [6, 6.07) is 17.2. The summed E-state index contributed by atoms with van der Waals surface area (Å²) >= 11 is 0. The quantitative estimate of drug-likeness (QED) is 0.790. The van der Waals surface area contributed by atoms with E-state index in [2.05, 4.69) is 52.8 Å². The first kappa shape index (κ1) is 15.2. The molecule has 0 saturated heterocycles. The Bertz CT molecular complexity index is 826. The minimum Gasteiger partial charge on any atom is -0.374 e. The van der Waals surface area contributed by atoms with Crippen molar-refractivity contribution in [2.75, 3.05) is 25.0 Å². The van der Waals surface area contributed by atoms with Gasteiger partial charge in [0.05, 0.1) is 5.69 Å². The predicted octanol–water partition coefficient (Wildman–Crippen LogP) is 3.93. The molecular weight excluding hydrogens is 298 g/mol. The summed E-state index contributed by atoms with van der Waals surface area (Å²) in [6.07, 6.45) is 3.25. The molecule has 0 saturated carbocycles. The van der Waals surface area contributed by atoms with Crippen LogP contribution in [0.3, 0.4) is 0 Å². The normalized spacial score (nSPS) is 17.7. The standard InChI is InChI=1S/C20H23N3O/c1-23-14-6-9-17(15-7-2-4-10-19(15)23)21-13-12-18-16-8-3-5-11-20(16)24-22-18/h2-5,7-8,10-11,17,21H,6,9,12-14H2,1H3. The summed E-state index contributed by atoms with van der Waals surface area (Å²) in [7, 11) is 2.18. The van der Waals surface area contributed by atoms with Gasteiger partial charge in [-0.15, -0.1) is 0 Å². The van der Waals surface area contributed by atoms with E-state index in [4.69, 9.17) is 4.52 Å². The van der Waals surface area contributed by atoms with Crippen LogP contribution < -0.4 is 10.2 Å². The van der Waals surface area contributed by atoms with Gasteiger partial charge in [-0.25, -0.2) is 0 Å². The molecule has 0 fully saturated rings. The third-order valence-corrected chi connectivity index (χ3v) is 4.91. The van der Waals surface area contributed by atoms with Crippen LogP contribution in [0.25, 0.3) is 11.0 Å². The summed E-state index contributed by atoms with van der Waals surface area (Å²) in [5.74, 6) is 0. The lowest BCUT2D eigenvalue weighted by molar-refractivity contribution is 0.440. The van der Waals surface area contributed by atoms with E-state index in [0.29, 0.717) is 6.04 Å². The second-order valence-electron chi connectivity index (χ2n) is 6.50. The zero-order chi connectivity index (χ0) is 16.4. The highest BCUT2D eigenvalue weighted by Gasteiger charge is 2.20. The minimum absolute atomic E-state index is 0.407. The fourth-order valence-corrected chi connectivity index (χ4v) is 3.63. The molecule has 2 heterocycles. The van der Waals surface area contributed by atoms with Crippen molar-refractivity contribution < 1.29 is 4.52 Å². The number of para-hydroxylation sites is 2. The molecule has 4 rings (SSSR count). The van der Waals surface area contributed by atoms with E-state index in [9.17, 15) is 0 Å². The van der Waals surface area contributed by atoms with Crippen LogP contribution in [0, 0.1) is 0 Å². The summed E-state index contributed by atoms with van der Waals surface area (Å²) in [4.78, 5) is 2.36. The van der Waals surface area contributed by atoms with Gasteiger partial charge in [-0.2, -0.15) is 0 Å². The molecule has 4 heteroatoms. The van der Waals surface area contributed by atoms with Crippen molar-refractivity contribution in [1.29, 1.82) is 0 Å². The lowest BCUT2D eigenvalue weighted by Crippen LogP contribution is -2.24. The average Bonchev–Trinajstić information content (AvgIpc) is 2.96. The van der Waals surface area contributed by atoms with Gasteiger partial charge in [0.2, 0.25) is 0 Å². The highest BCUT2D eigenvalue weighted by atomic mass is 16.5.